The van der Waals surface area contributed by atoms with Crippen molar-refractivity contribution in [3.05, 3.63) is 42.4 Å². The van der Waals surface area contributed by atoms with E-state index in [1.54, 1.807) is 6.33 Å². The molecule has 1 fully saturated rings. The van der Waals surface area contributed by atoms with Crippen molar-refractivity contribution in [1.29, 1.82) is 0 Å². The zero-order valence-corrected chi connectivity index (χ0v) is 12.5. The summed E-state index contributed by atoms with van der Waals surface area (Å²) in [6.45, 7) is 5.93. The second kappa shape index (κ2) is 5.38. The van der Waals surface area contributed by atoms with Crippen LogP contribution in [0.4, 0.5) is 5.82 Å². The van der Waals surface area contributed by atoms with E-state index in [-0.39, 0.29) is 0 Å². The molecular weight excluding hydrogens is 276 g/mol. The Morgan fingerprint density at radius 2 is 2.05 bits per heavy atom. The zero-order chi connectivity index (χ0) is 14.9. The third kappa shape index (κ3) is 2.21. The molecule has 2 aromatic heterocycles. The number of hydrogen-bond donors (Lipinski definition) is 1. The lowest BCUT2D eigenvalue weighted by molar-refractivity contribution is 0.585. The van der Waals surface area contributed by atoms with Crippen molar-refractivity contribution in [2.45, 2.75) is 6.92 Å². The molecule has 112 valence electrons. The SMILES string of the molecule is Cc1cccc(-c2cnc(N3CCNCC3)c3nncn23)c1. The first-order valence-corrected chi connectivity index (χ1v) is 7.54. The number of hydrogen-bond acceptors (Lipinski definition) is 5. The molecule has 0 spiro atoms. The Hall–Kier alpha value is -2.47. The van der Waals surface area contributed by atoms with Gasteiger partial charge in [0.15, 0.2) is 5.82 Å². The molecule has 0 radical (unpaired) electrons. The Labute approximate surface area is 128 Å². The van der Waals surface area contributed by atoms with Crippen LogP contribution in [0.5, 0.6) is 0 Å². The van der Waals surface area contributed by atoms with Crippen molar-refractivity contribution in [1.82, 2.24) is 24.9 Å². The van der Waals surface area contributed by atoms with Gasteiger partial charge in [-0.05, 0) is 13.0 Å². The number of fused-ring (bicyclic) bond motifs is 1. The van der Waals surface area contributed by atoms with E-state index < -0.39 is 0 Å². The third-order valence-corrected chi connectivity index (χ3v) is 4.05. The lowest BCUT2D eigenvalue weighted by Crippen LogP contribution is -2.44. The van der Waals surface area contributed by atoms with Crippen molar-refractivity contribution >= 4 is 11.5 Å². The Balaban J connectivity index is 1.84. The van der Waals surface area contributed by atoms with Gasteiger partial charge in [-0.2, -0.15) is 0 Å². The number of rotatable bonds is 2. The number of aryl methyl sites for hydroxylation is 1. The Kier molecular flexibility index (Phi) is 3.23. The first-order chi connectivity index (χ1) is 10.8. The highest BCUT2D eigenvalue weighted by Gasteiger charge is 2.18. The second-order valence-electron chi connectivity index (χ2n) is 5.60. The Morgan fingerprint density at radius 1 is 1.18 bits per heavy atom. The summed E-state index contributed by atoms with van der Waals surface area (Å²) < 4.78 is 2.03. The Bertz CT molecular complexity index is 803. The predicted octanol–water partition coefficient (Wildman–Crippen LogP) is 1.51. The number of benzene rings is 1. The minimum absolute atomic E-state index is 0.820. The van der Waals surface area contributed by atoms with Crippen LogP contribution in [0.2, 0.25) is 0 Å². The fraction of sp³-hybridized carbons (Fsp3) is 0.312. The summed E-state index contributed by atoms with van der Waals surface area (Å²) in [7, 11) is 0. The van der Waals surface area contributed by atoms with Crippen LogP contribution >= 0.6 is 0 Å². The average Bonchev–Trinajstić information content (AvgIpc) is 3.04. The van der Waals surface area contributed by atoms with E-state index in [2.05, 4.69) is 56.6 Å². The van der Waals surface area contributed by atoms with Gasteiger partial charge in [0, 0.05) is 31.7 Å². The van der Waals surface area contributed by atoms with E-state index >= 15 is 0 Å². The first kappa shape index (κ1) is 13.2. The lowest BCUT2D eigenvalue weighted by atomic mass is 10.1. The fourth-order valence-corrected chi connectivity index (χ4v) is 2.92. The number of anilines is 1. The zero-order valence-electron chi connectivity index (χ0n) is 12.5. The van der Waals surface area contributed by atoms with Crippen LogP contribution in [0.1, 0.15) is 5.56 Å². The van der Waals surface area contributed by atoms with E-state index in [0.29, 0.717) is 0 Å². The largest absolute Gasteiger partial charge is 0.351 e. The summed E-state index contributed by atoms with van der Waals surface area (Å²) in [6.07, 6.45) is 3.68. The summed E-state index contributed by atoms with van der Waals surface area (Å²) in [4.78, 5) is 6.95. The first-order valence-electron chi connectivity index (χ1n) is 7.54. The van der Waals surface area contributed by atoms with E-state index in [9.17, 15) is 0 Å². The molecule has 1 N–H and O–H groups in total. The van der Waals surface area contributed by atoms with Gasteiger partial charge in [0.25, 0.3) is 0 Å². The molecule has 0 unspecified atom stereocenters. The van der Waals surface area contributed by atoms with Gasteiger partial charge in [-0.15, -0.1) is 10.2 Å². The van der Waals surface area contributed by atoms with Gasteiger partial charge >= 0.3 is 0 Å². The smallest absolute Gasteiger partial charge is 0.204 e. The summed E-state index contributed by atoms with van der Waals surface area (Å²) >= 11 is 0. The van der Waals surface area contributed by atoms with Crippen molar-refractivity contribution in [2.75, 3.05) is 31.1 Å². The summed E-state index contributed by atoms with van der Waals surface area (Å²) in [5.74, 6) is 0.912. The van der Waals surface area contributed by atoms with Gasteiger partial charge in [0.2, 0.25) is 5.65 Å². The molecular formula is C16H18N6. The predicted molar refractivity (Wildman–Crippen MR) is 86.0 cm³/mol. The molecule has 3 heterocycles. The van der Waals surface area contributed by atoms with E-state index in [1.165, 1.54) is 5.56 Å². The van der Waals surface area contributed by atoms with Crippen molar-refractivity contribution in [3.63, 3.8) is 0 Å². The number of aromatic nitrogens is 4. The molecule has 1 saturated heterocycles. The van der Waals surface area contributed by atoms with Crippen molar-refractivity contribution < 1.29 is 0 Å². The number of nitrogens with zero attached hydrogens (tertiary/aromatic N) is 5. The van der Waals surface area contributed by atoms with Crippen LogP contribution < -0.4 is 10.2 Å². The monoisotopic (exact) mass is 294 g/mol. The molecule has 6 nitrogen and oxygen atoms in total. The van der Waals surface area contributed by atoms with Gasteiger partial charge in [-0.1, -0.05) is 23.8 Å². The van der Waals surface area contributed by atoms with Crippen LogP contribution in [-0.2, 0) is 0 Å². The molecule has 6 heteroatoms. The van der Waals surface area contributed by atoms with E-state index in [1.807, 2.05) is 10.6 Å². The average molecular weight is 294 g/mol. The molecule has 0 saturated carbocycles. The summed E-state index contributed by atoms with van der Waals surface area (Å²) in [5, 5.41) is 11.7. The van der Waals surface area contributed by atoms with Gasteiger partial charge in [0.05, 0.1) is 11.9 Å². The maximum absolute atomic E-state index is 4.68. The summed E-state index contributed by atoms with van der Waals surface area (Å²) in [5.41, 5.74) is 4.19. The molecule has 22 heavy (non-hydrogen) atoms. The highest BCUT2D eigenvalue weighted by molar-refractivity contribution is 5.71. The molecule has 1 aromatic carbocycles. The van der Waals surface area contributed by atoms with Crippen LogP contribution in [0.3, 0.4) is 0 Å². The quantitative estimate of drug-likeness (QED) is 0.776. The molecule has 0 aliphatic carbocycles. The highest BCUT2D eigenvalue weighted by atomic mass is 15.3. The third-order valence-electron chi connectivity index (χ3n) is 4.05. The molecule has 4 rings (SSSR count). The van der Waals surface area contributed by atoms with Crippen LogP contribution in [0.25, 0.3) is 16.9 Å². The standard InChI is InChI=1S/C16H18N6/c1-12-3-2-4-13(9-12)14-10-18-15(16-20-19-11-22(14)16)21-7-5-17-6-8-21/h2-4,9-11,17H,5-8H2,1H3. The Morgan fingerprint density at radius 3 is 2.86 bits per heavy atom. The normalized spacial score (nSPS) is 15.4. The van der Waals surface area contributed by atoms with E-state index in [0.717, 1.165) is 48.9 Å². The molecule has 3 aromatic rings. The van der Waals surface area contributed by atoms with Crippen LogP contribution in [-0.4, -0.2) is 45.8 Å². The van der Waals surface area contributed by atoms with Gasteiger partial charge in [0.1, 0.15) is 6.33 Å². The maximum atomic E-state index is 4.68. The number of nitrogens with one attached hydrogen (secondary N) is 1. The molecule has 0 atom stereocenters. The minimum Gasteiger partial charge on any atom is -0.351 e. The van der Waals surface area contributed by atoms with Crippen molar-refractivity contribution in [2.24, 2.45) is 0 Å². The minimum atomic E-state index is 0.820. The van der Waals surface area contributed by atoms with Gasteiger partial charge in [-0.25, -0.2) is 4.98 Å². The molecule has 0 amide bonds. The fourth-order valence-electron chi connectivity index (χ4n) is 2.92. The molecule has 1 aliphatic rings. The van der Waals surface area contributed by atoms with Crippen LogP contribution in [0.15, 0.2) is 36.8 Å². The van der Waals surface area contributed by atoms with Gasteiger partial charge < -0.3 is 10.2 Å². The lowest BCUT2D eigenvalue weighted by Gasteiger charge is -2.28. The molecule has 1 aliphatic heterocycles. The summed E-state index contributed by atoms with van der Waals surface area (Å²) in [6, 6.07) is 8.40. The van der Waals surface area contributed by atoms with Crippen LogP contribution in [0, 0.1) is 6.92 Å². The number of piperazine rings is 1. The highest BCUT2D eigenvalue weighted by Crippen LogP contribution is 2.25. The van der Waals surface area contributed by atoms with E-state index in [4.69, 9.17) is 0 Å². The molecule has 0 bridgehead atoms. The van der Waals surface area contributed by atoms with Gasteiger partial charge in [-0.3, -0.25) is 4.40 Å². The second-order valence-corrected chi connectivity index (χ2v) is 5.60. The maximum Gasteiger partial charge on any atom is 0.204 e. The topological polar surface area (TPSA) is 58.4 Å². The van der Waals surface area contributed by atoms with Crippen molar-refractivity contribution in [3.8, 4) is 11.3 Å².